The molecule has 8 heteroatoms. The number of anilines is 1. The number of benzene rings is 2. The smallest absolute Gasteiger partial charge is 0.243 e. The van der Waals surface area contributed by atoms with Crippen LogP contribution in [0.2, 0.25) is 0 Å². The molecule has 2 aromatic carbocycles. The van der Waals surface area contributed by atoms with Crippen molar-refractivity contribution in [2.45, 2.75) is 31.7 Å². The average Bonchev–Trinajstić information content (AvgIpc) is 2.76. The van der Waals surface area contributed by atoms with E-state index in [4.69, 9.17) is 4.74 Å². The van der Waals surface area contributed by atoms with E-state index >= 15 is 0 Å². The molecule has 0 spiro atoms. The maximum Gasteiger partial charge on any atom is 0.243 e. The molecular formula is C23H26N4O3S. The largest absolute Gasteiger partial charge is 0.439 e. The summed E-state index contributed by atoms with van der Waals surface area (Å²) in [6.07, 6.45) is 1.47. The number of aromatic nitrogens is 2. The predicted molar refractivity (Wildman–Crippen MR) is 120 cm³/mol. The van der Waals surface area contributed by atoms with E-state index in [1.807, 2.05) is 57.2 Å². The van der Waals surface area contributed by atoms with Gasteiger partial charge in [-0.15, -0.1) is 0 Å². The van der Waals surface area contributed by atoms with Crippen molar-refractivity contribution >= 4 is 15.8 Å². The van der Waals surface area contributed by atoms with Crippen LogP contribution in [0.3, 0.4) is 0 Å². The number of piperazine rings is 1. The SMILES string of the molecule is Cc1ccc(Oc2cc(N3CCN(S(=O)(=O)c4ccc(C)cc4)[C@H](C)C3)ncn2)cc1. The summed E-state index contributed by atoms with van der Waals surface area (Å²) < 4.78 is 33.6. The molecular weight excluding hydrogens is 412 g/mol. The van der Waals surface area contributed by atoms with Crippen LogP contribution < -0.4 is 9.64 Å². The van der Waals surface area contributed by atoms with Gasteiger partial charge in [0.2, 0.25) is 15.9 Å². The number of aryl methyl sites for hydroxylation is 2. The van der Waals surface area contributed by atoms with Gasteiger partial charge in [-0.05, 0) is 45.0 Å². The molecule has 1 atom stereocenters. The minimum atomic E-state index is -3.54. The van der Waals surface area contributed by atoms with Gasteiger partial charge in [0, 0.05) is 31.7 Å². The van der Waals surface area contributed by atoms with E-state index in [-0.39, 0.29) is 6.04 Å². The molecule has 0 amide bonds. The molecule has 1 saturated heterocycles. The van der Waals surface area contributed by atoms with Gasteiger partial charge in [-0.25, -0.2) is 18.4 Å². The van der Waals surface area contributed by atoms with Crippen molar-refractivity contribution in [1.82, 2.24) is 14.3 Å². The maximum atomic E-state index is 13.1. The van der Waals surface area contributed by atoms with Crippen molar-refractivity contribution in [3.63, 3.8) is 0 Å². The minimum absolute atomic E-state index is 0.198. The third-order valence-corrected chi connectivity index (χ3v) is 7.42. The number of rotatable bonds is 5. The molecule has 0 unspecified atom stereocenters. The van der Waals surface area contributed by atoms with Crippen LogP contribution in [0.1, 0.15) is 18.1 Å². The van der Waals surface area contributed by atoms with E-state index in [1.54, 1.807) is 22.5 Å². The monoisotopic (exact) mass is 438 g/mol. The molecule has 162 valence electrons. The van der Waals surface area contributed by atoms with Gasteiger partial charge in [0.15, 0.2) is 0 Å². The lowest BCUT2D eigenvalue weighted by Gasteiger charge is -2.39. The number of hydrogen-bond donors (Lipinski definition) is 0. The van der Waals surface area contributed by atoms with Crippen molar-refractivity contribution in [1.29, 1.82) is 0 Å². The van der Waals surface area contributed by atoms with Crippen molar-refractivity contribution in [3.05, 3.63) is 72.1 Å². The van der Waals surface area contributed by atoms with Crippen LogP contribution >= 0.6 is 0 Å². The molecule has 0 radical (unpaired) electrons. The summed E-state index contributed by atoms with van der Waals surface area (Å²) in [7, 11) is -3.54. The van der Waals surface area contributed by atoms with E-state index in [2.05, 4.69) is 14.9 Å². The lowest BCUT2D eigenvalue weighted by molar-refractivity contribution is 0.305. The molecule has 31 heavy (non-hydrogen) atoms. The van der Waals surface area contributed by atoms with Gasteiger partial charge in [-0.2, -0.15) is 4.31 Å². The zero-order chi connectivity index (χ0) is 22.0. The average molecular weight is 439 g/mol. The van der Waals surface area contributed by atoms with E-state index in [1.165, 1.54) is 6.33 Å². The predicted octanol–water partition coefficient (Wildman–Crippen LogP) is 3.79. The first-order chi connectivity index (χ1) is 14.8. The first-order valence-electron chi connectivity index (χ1n) is 10.2. The normalized spacial score (nSPS) is 17.5. The fraction of sp³-hybridized carbons (Fsp3) is 0.304. The number of ether oxygens (including phenoxy) is 1. The third kappa shape index (κ3) is 4.70. The highest BCUT2D eigenvalue weighted by Gasteiger charge is 2.34. The Hall–Kier alpha value is -2.97. The van der Waals surface area contributed by atoms with Crippen LogP contribution in [0.15, 0.2) is 65.8 Å². The maximum absolute atomic E-state index is 13.1. The Morgan fingerprint density at radius 3 is 2.23 bits per heavy atom. The number of nitrogens with zero attached hydrogens (tertiary/aromatic N) is 4. The molecule has 1 aliphatic rings. The fourth-order valence-electron chi connectivity index (χ4n) is 3.64. The van der Waals surface area contributed by atoms with Gasteiger partial charge in [0.25, 0.3) is 0 Å². The third-order valence-electron chi connectivity index (χ3n) is 5.39. The van der Waals surface area contributed by atoms with Gasteiger partial charge in [-0.1, -0.05) is 35.4 Å². The molecule has 1 fully saturated rings. The summed E-state index contributed by atoms with van der Waals surface area (Å²) >= 11 is 0. The Kier molecular flexibility index (Phi) is 5.93. The van der Waals surface area contributed by atoms with E-state index in [0.717, 1.165) is 16.9 Å². The second-order valence-electron chi connectivity index (χ2n) is 7.85. The molecule has 0 saturated carbocycles. The van der Waals surface area contributed by atoms with Gasteiger partial charge >= 0.3 is 0 Å². The molecule has 4 rings (SSSR count). The second kappa shape index (κ2) is 8.64. The van der Waals surface area contributed by atoms with Crippen molar-refractivity contribution in [2.24, 2.45) is 0 Å². The number of hydrogen-bond acceptors (Lipinski definition) is 6. The zero-order valence-electron chi connectivity index (χ0n) is 17.9. The topological polar surface area (TPSA) is 75.6 Å². The summed E-state index contributed by atoms with van der Waals surface area (Å²) in [5, 5.41) is 0. The van der Waals surface area contributed by atoms with Crippen LogP contribution in [0.25, 0.3) is 0 Å². The molecule has 3 aromatic rings. The highest BCUT2D eigenvalue weighted by Crippen LogP contribution is 2.26. The van der Waals surface area contributed by atoms with Crippen LogP contribution in [0.4, 0.5) is 5.82 Å². The second-order valence-corrected chi connectivity index (χ2v) is 9.74. The molecule has 1 aromatic heterocycles. The Labute approximate surface area is 183 Å². The lowest BCUT2D eigenvalue weighted by atomic mass is 10.2. The van der Waals surface area contributed by atoms with Crippen LogP contribution in [-0.2, 0) is 10.0 Å². The quantitative estimate of drug-likeness (QED) is 0.603. The van der Waals surface area contributed by atoms with Crippen molar-refractivity contribution in [3.8, 4) is 11.6 Å². The van der Waals surface area contributed by atoms with Crippen molar-refractivity contribution in [2.75, 3.05) is 24.5 Å². The highest BCUT2D eigenvalue weighted by molar-refractivity contribution is 7.89. The molecule has 0 aliphatic carbocycles. The van der Waals surface area contributed by atoms with E-state index in [0.29, 0.717) is 36.2 Å². The molecule has 0 bridgehead atoms. The Balaban J connectivity index is 1.47. The summed E-state index contributed by atoms with van der Waals surface area (Å²) in [6.45, 7) is 7.34. The first kappa shape index (κ1) is 21.3. The fourth-order valence-corrected chi connectivity index (χ4v) is 5.25. The summed E-state index contributed by atoms with van der Waals surface area (Å²) in [6, 6.07) is 16.3. The lowest BCUT2D eigenvalue weighted by Crippen LogP contribution is -2.54. The van der Waals surface area contributed by atoms with Crippen LogP contribution in [0, 0.1) is 13.8 Å². The van der Waals surface area contributed by atoms with Gasteiger partial charge in [0.1, 0.15) is 17.9 Å². The Morgan fingerprint density at radius 2 is 1.58 bits per heavy atom. The van der Waals surface area contributed by atoms with Gasteiger partial charge in [-0.3, -0.25) is 0 Å². The van der Waals surface area contributed by atoms with Crippen LogP contribution in [-0.4, -0.2) is 48.4 Å². The molecule has 7 nitrogen and oxygen atoms in total. The highest BCUT2D eigenvalue weighted by atomic mass is 32.2. The summed E-state index contributed by atoms with van der Waals surface area (Å²) in [5.74, 6) is 1.88. The first-order valence-corrected chi connectivity index (χ1v) is 11.7. The van der Waals surface area contributed by atoms with Crippen LogP contribution in [0.5, 0.6) is 11.6 Å². The van der Waals surface area contributed by atoms with E-state index < -0.39 is 10.0 Å². The molecule has 0 N–H and O–H groups in total. The summed E-state index contributed by atoms with van der Waals surface area (Å²) in [5.41, 5.74) is 2.19. The van der Waals surface area contributed by atoms with E-state index in [9.17, 15) is 8.42 Å². The summed E-state index contributed by atoms with van der Waals surface area (Å²) in [4.78, 5) is 11.0. The number of sulfonamides is 1. The zero-order valence-corrected chi connectivity index (χ0v) is 18.7. The molecule has 1 aliphatic heterocycles. The van der Waals surface area contributed by atoms with Crippen molar-refractivity contribution < 1.29 is 13.2 Å². The Morgan fingerprint density at radius 1 is 0.935 bits per heavy atom. The van der Waals surface area contributed by atoms with Gasteiger partial charge in [0.05, 0.1) is 4.90 Å². The standard InChI is InChI=1S/C23H26N4O3S/c1-17-4-8-20(9-5-17)30-23-14-22(24-16-25-23)26-12-13-27(19(3)15-26)31(28,29)21-10-6-18(2)7-11-21/h4-11,14,16,19H,12-13,15H2,1-3H3/t19-/m1/s1. The van der Waals surface area contributed by atoms with Gasteiger partial charge < -0.3 is 9.64 Å². The minimum Gasteiger partial charge on any atom is -0.439 e. The molecule has 2 heterocycles. The Bertz CT molecular complexity index is 1150.